The molecule has 0 bridgehead atoms. The second-order valence-corrected chi connectivity index (χ2v) is 6.90. The van der Waals surface area contributed by atoms with Crippen LogP contribution >= 0.6 is 0 Å². The fourth-order valence-electron chi connectivity index (χ4n) is 2.92. The molecule has 3 aromatic rings. The second-order valence-electron chi connectivity index (χ2n) is 6.90. The van der Waals surface area contributed by atoms with E-state index in [1.807, 2.05) is 0 Å². The predicted octanol–water partition coefficient (Wildman–Crippen LogP) is 2.79. The number of carbonyl (C=O) groups excluding carboxylic acids is 3. The van der Waals surface area contributed by atoms with Crippen molar-refractivity contribution in [1.82, 2.24) is 20.0 Å². The van der Waals surface area contributed by atoms with E-state index >= 15 is 0 Å². The number of halogens is 1. The molecule has 1 aromatic carbocycles. The summed E-state index contributed by atoms with van der Waals surface area (Å²) in [7, 11) is 1.60. The highest BCUT2D eigenvalue weighted by Crippen LogP contribution is 2.19. The first kappa shape index (κ1) is 20.1. The molecule has 0 radical (unpaired) electrons. The summed E-state index contributed by atoms with van der Waals surface area (Å²) in [6.45, 7) is 3.37. The van der Waals surface area contributed by atoms with Gasteiger partial charge in [0.05, 0.1) is 11.9 Å². The van der Waals surface area contributed by atoms with Crippen LogP contribution in [0, 0.1) is 12.7 Å². The Balaban J connectivity index is 1.71. The number of aromatic amines is 1. The van der Waals surface area contributed by atoms with Gasteiger partial charge in [-0.05, 0) is 36.8 Å². The smallest absolute Gasteiger partial charge is 0.272 e. The molecule has 2 aromatic heterocycles. The Kier molecular flexibility index (Phi) is 5.67. The summed E-state index contributed by atoms with van der Waals surface area (Å²) in [5.41, 5.74) is 1.75. The van der Waals surface area contributed by atoms with E-state index in [9.17, 15) is 18.8 Å². The molecule has 150 valence electrons. The lowest BCUT2D eigenvalue weighted by molar-refractivity contribution is -0.115. The third-order valence-corrected chi connectivity index (χ3v) is 4.60. The van der Waals surface area contributed by atoms with Crippen molar-refractivity contribution in [2.24, 2.45) is 7.05 Å². The molecule has 9 heteroatoms. The van der Waals surface area contributed by atoms with Gasteiger partial charge < -0.3 is 9.88 Å². The van der Waals surface area contributed by atoms with Crippen LogP contribution in [0.5, 0.6) is 0 Å². The second kappa shape index (κ2) is 8.17. The van der Waals surface area contributed by atoms with Gasteiger partial charge in [-0.25, -0.2) is 4.39 Å². The average molecular weight is 397 g/mol. The molecule has 2 N–H and O–H groups in total. The Hall–Kier alpha value is -3.62. The van der Waals surface area contributed by atoms with E-state index < -0.39 is 17.5 Å². The first-order chi connectivity index (χ1) is 13.8. The number of aromatic nitrogens is 4. The van der Waals surface area contributed by atoms with Gasteiger partial charge in [0.25, 0.3) is 5.91 Å². The number of H-pyrrole nitrogens is 1. The monoisotopic (exact) mass is 397 g/mol. The number of hydrogen-bond acceptors (Lipinski definition) is 5. The molecule has 1 unspecified atom stereocenters. The number of nitrogens with zero attached hydrogens (tertiary/aromatic N) is 3. The lowest BCUT2D eigenvalue weighted by Gasteiger charge is -2.07. The standard InChI is InChI=1S/C20H20FN5O3/c1-11-6-14(4-5-15(11)21)23-20(29)17-8-13(10-26(17)3)19(28)18(27)7-12(2)16-9-22-25-24-16/h4-6,8-10,12H,7H2,1-3H3,(H,23,29)(H,22,24,25). The summed E-state index contributed by atoms with van der Waals surface area (Å²) in [5, 5.41) is 12.7. The van der Waals surface area contributed by atoms with Gasteiger partial charge in [0.1, 0.15) is 11.5 Å². The molecule has 1 atom stereocenters. The minimum Gasteiger partial charge on any atom is -0.346 e. The zero-order valence-corrected chi connectivity index (χ0v) is 16.2. The summed E-state index contributed by atoms with van der Waals surface area (Å²) in [4.78, 5) is 37.4. The van der Waals surface area contributed by atoms with E-state index in [4.69, 9.17) is 0 Å². The summed E-state index contributed by atoms with van der Waals surface area (Å²) < 4.78 is 14.8. The molecule has 0 aliphatic heterocycles. The SMILES string of the molecule is Cc1cc(NC(=O)c2cc(C(=O)C(=O)CC(C)c3cn[nH]n3)cn2C)ccc1F. The first-order valence-corrected chi connectivity index (χ1v) is 8.93. The number of aryl methyl sites for hydroxylation is 2. The topological polar surface area (TPSA) is 110 Å². The highest BCUT2D eigenvalue weighted by molar-refractivity contribution is 6.44. The Morgan fingerprint density at radius 2 is 2.03 bits per heavy atom. The molecule has 2 heterocycles. The summed E-state index contributed by atoms with van der Waals surface area (Å²) >= 11 is 0. The van der Waals surface area contributed by atoms with Crippen molar-refractivity contribution >= 4 is 23.2 Å². The van der Waals surface area contributed by atoms with Gasteiger partial charge >= 0.3 is 0 Å². The Morgan fingerprint density at radius 1 is 1.28 bits per heavy atom. The first-order valence-electron chi connectivity index (χ1n) is 8.93. The summed E-state index contributed by atoms with van der Waals surface area (Å²) in [6.07, 6.45) is 2.92. The highest BCUT2D eigenvalue weighted by atomic mass is 19.1. The quantitative estimate of drug-likeness (QED) is 0.471. The van der Waals surface area contributed by atoms with E-state index in [0.29, 0.717) is 16.9 Å². The number of anilines is 1. The molecule has 0 saturated heterocycles. The van der Waals surface area contributed by atoms with Crippen LogP contribution in [0.15, 0.2) is 36.7 Å². The zero-order chi connectivity index (χ0) is 21.1. The molecule has 3 rings (SSSR count). The number of amides is 1. The van der Waals surface area contributed by atoms with Crippen molar-refractivity contribution in [2.45, 2.75) is 26.2 Å². The van der Waals surface area contributed by atoms with E-state index in [0.717, 1.165) is 0 Å². The van der Waals surface area contributed by atoms with Crippen LogP contribution in [-0.4, -0.2) is 37.5 Å². The maximum Gasteiger partial charge on any atom is 0.272 e. The fourth-order valence-corrected chi connectivity index (χ4v) is 2.92. The average Bonchev–Trinajstić information content (AvgIpc) is 3.34. The molecule has 0 saturated carbocycles. The van der Waals surface area contributed by atoms with Gasteiger partial charge in [0.2, 0.25) is 11.6 Å². The molecule has 29 heavy (non-hydrogen) atoms. The zero-order valence-electron chi connectivity index (χ0n) is 16.2. The van der Waals surface area contributed by atoms with Crippen molar-refractivity contribution < 1.29 is 18.8 Å². The van der Waals surface area contributed by atoms with Crippen molar-refractivity contribution in [3.05, 3.63) is 65.0 Å². The lowest BCUT2D eigenvalue weighted by atomic mass is 9.98. The van der Waals surface area contributed by atoms with Crippen molar-refractivity contribution in [3.63, 3.8) is 0 Å². The summed E-state index contributed by atoms with van der Waals surface area (Å²) in [6, 6.07) is 5.59. The Labute approximate surface area is 166 Å². The third-order valence-electron chi connectivity index (χ3n) is 4.60. The highest BCUT2D eigenvalue weighted by Gasteiger charge is 2.24. The number of ketones is 2. The number of Topliss-reactive ketones (excluding diaryl/α,β-unsaturated/α-hetero) is 2. The van der Waals surface area contributed by atoms with Crippen LogP contribution in [0.2, 0.25) is 0 Å². The van der Waals surface area contributed by atoms with Crippen LogP contribution in [0.3, 0.4) is 0 Å². The van der Waals surface area contributed by atoms with Crippen LogP contribution in [0.1, 0.15) is 51.4 Å². The van der Waals surface area contributed by atoms with Gasteiger partial charge in [0.15, 0.2) is 0 Å². The van der Waals surface area contributed by atoms with Gasteiger partial charge in [-0.2, -0.15) is 15.4 Å². The molecule has 0 aliphatic carbocycles. The maximum atomic E-state index is 13.4. The normalized spacial score (nSPS) is 11.9. The predicted molar refractivity (Wildman–Crippen MR) is 103 cm³/mol. The Bertz CT molecular complexity index is 1070. The van der Waals surface area contributed by atoms with Crippen molar-refractivity contribution in [2.75, 3.05) is 5.32 Å². The minimum atomic E-state index is -0.673. The van der Waals surface area contributed by atoms with Gasteiger partial charge in [-0.1, -0.05) is 6.92 Å². The molecule has 1 amide bonds. The van der Waals surface area contributed by atoms with E-state index in [1.165, 1.54) is 41.2 Å². The number of hydrogen-bond donors (Lipinski definition) is 2. The molecular formula is C20H20FN5O3. The third kappa shape index (κ3) is 4.45. The fraction of sp³-hybridized carbons (Fsp3) is 0.250. The molecule has 0 fully saturated rings. The molecule has 0 aliphatic rings. The number of benzene rings is 1. The van der Waals surface area contributed by atoms with Crippen LogP contribution in [0.25, 0.3) is 0 Å². The number of nitrogens with one attached hydrogen (secondary N) is 2. The van der Waals surface area contributed by atoms with Crippen molar-refractivity contribution in [1.29, 1.82) is 0 Å². The molecule has 8 nitrogen and oxygen atoms in total. The van der Waals surface area contributed by atoms with Gasteiger partial charge in [-0.15, -0.1) is 0 Å². The van der Waals surface area contributed by atoms with E-state index in [2.05, 4.69) is 20.7 Å². The van der Waals surface area contributed by atoms with Crippen LogP contribution in [0.4, 0.5) is 10.1 Å². The van der Waals surface area contributed by atoms with Crippen LogP contribution < -0.4 is 5.32 Å². The largest absolute Gasteiger partial charge is 0.346 e. The number of carbonyl (C=O) groups is 3. The summed E-state index contributed by atoms with van der Waals surface area (Å²) in [5.74, 6) is -2.35. The maximum absolute atomic E-state index is 13.4. The Morgan fingerprint density at radius 3 is 2.69 bits per heavy atom. The van der Waals surface area contributed by atoms with Crippen LogP contribution in [-0.2, 0) is 11.8 Å². The van der Waals surface area contributed by atoms with Gasteiger partial charge in [0, 0.05) is 36.8 Å². The van der Waals surface area contributed by atoms with Gasteiger partial charge in [-0.3, -0.25) is 14.4 Å². The minimum absolute atomic E-state index is 0.0172. The van der Waals surface area contributed by atoms with Crippen molar-refractivity contribution in [3.8, 4) is 0 Å². The molecular weight excluding hydrogens is 377 g/mol. The van der Waals surface area contributed by atoms with E-state index in [-0.39, 0.29) is 29.4 Å². The lowest BCUT2D eigenvalue weighted by Crippen LogP contribution is -2.16. The number of rotatable bonds is 7. The van der Waals surface area contributed by atoms with E-state index in [1.54, 1.807) is 20.9 Å². The molecule has 0 spiro atoms.